The molecule has 1 aromatic carbocycles. The topological polar surface area (TPSA) is 108 Å². The fourth-order valence-electron chi connectivity index (χ4n) is 5.80. The number of nitrogens with one attached hydrogen (secondary N) is 2. The molecular weight excluding hydrogens is 568 g/mol. The monoisotopic (exact) mass is 618 g/mol. The molecule has 1 fully saturated rings. The van der Waals surface area contributed by atoms with Crippen LogP contribution >= 0.6 is 11.6 Å². The van der Waals surface area contributed by atoms with Crippen LogP contribution in [0.4, 0.5) is 0 Å². The van der Waals surface area contributed by atoms with Crippen LogP contribution in [-0.4, -0.2) is 85.4 Å². The predicted octanol–water partition coefficient (Wildman–Crippen LogP) is 4.33. The van der Waals surface area contributed by atoms with Crippen molar-refractivity contribution < 1.29 is 23.9 Å². The van der Waals surface area contributed by atoms with E-state index in [1.807, 2.05) is 66.7 Å². The minimum absolute atomic E-state index is 0.0326. The van der Waals surface area contributed by atoms with Gasteiger partial charge in [0.2, 0.25) is 17.7 Å². The molecule has 2 N–H and O–H groups in total. The largest absolute Gasteiger partial charge is 0.467 e. The highest BCUT2D eigenvalue weighted by molar-refractivity contribution is 6.30. The summed E-state index contributed by atoms with van der Waals surface area (Å²) in [4.78, 5) is 56.7. The number of esters is 1. The van der Waals surface area contributed by atoms with Crippen LogP contribution in [0.25, 0.3) is 0 Å². The molecule has 1 saturated heterocycles. The Hall–Kier alpha value is -2.91. The number of carbonyl (C=O) groups excluding carboxylic acids is 4. The van der Waals surface area contributed by atoms with Gasteiger partial charge in [0, 0.05) is 29.6 Å². The molecule has 4 atom stereocenters. The van der Waals surface area contributed by atoms with Gasteiger partial charge in [0.15, 0.2) is 0 Å². The zero-order valence-electron chi connectivity index (χ0n) is 27.7. The first-order valence-corrected chi connectivity index (χ1v) is 15.3. The fraction of sp³-hybridized carbons (Fsp3) is 0.636. The second-order valence-corrected chi connectivity index (χ2v) is 13.9. The Labute approximate surface area is 262 Å². The number of ether oxygens (including phenoxy) is 1. The molecule has 10 heteroatoms. The van der Waals surface area contributed by atoms with E-state index in [1.165, 1.54) is 7.11 Å². The molecule has 1 aromatic rings. The third-order valence-electron chi connectivity index (χ3n) is 8.46. The van der Waals surface area contributed by atoms with Crippen molar-refractivity contribution in [1.29, 1.82) is 0 Å². The molecule has 0 spiro atoms. The average molecular weight is 619 g/mol. The molecule has 0 unspecified atom stereocenters. The number of benzene rings is 1. The van der Waals surface area contributed by atoms with Gasteiger partial charge in [0.1, 0.15) is 12.1 Å². The highest BCUT2D eigenvalue weighted by atomic mass is 35.5. The number of halogens is 1. The van der Waals surface area contributed by atoms with E-state index in [9.17, 15) is 19.2 Å². The molecule has 0 aliphatic carbocycles. The maximum atomic E-state index is 14.1. The number of nitrogens with zero attached hydrogens (tertiary/aromatic N) is 2. The molecule has 1 heterocycles. The van der Waals surface area contributed by atoms with Gasteiger partial charge in [0.05, 0.1) is 19.2 Å². The van der Waals surface area contributed by atoms with Crippen LogP contribution in [0.15, 0.2) is 35.9 Å². The summed E-state index contributed by atoms with van der Waals surface area (Å²) in [6.45, 7) is 15.8. The van der Waals surface area contributed by atoms with Gasteiger partial charge in [-0.2, -0.15) is 0 Å². The van der Waals surface area contributed by atoms with Crippen molar-refractivity contribution >= 4 is 35.3 Å². The van der Waals surface area contributed by atoms with E-state index < -0.39 is 41.0 Å². The van der Waals surface area contributed by atoms with Gasteiger partial charge in [-0.15, -0.1) is 0 Å². The number of carbonyl (C=O) groups is 4. The number of likely N-dealkylation sites (N-methyl/N-ethyl adjacent to an activating group) is 2. The Kier molecular flexibility index (Phi) is 12.4. The van der Waals surface area contributed by atoms with Gasteiger partial charge in [-0.1, -0.05) is 78.3 Å². The van der Waals surface area contributed by atoms with E-state index in [2.05, 4.69) is 10.6 Å². The maximum Gasteiger partial charge on any atom is 0.328 e. The van der Waals surface area contributed by atoms with Crippen molar-refractivity contribution in [3.63, 3.8) is 0 Å². The van der Waals surface area contributed by atoms with Gasteiger partial charge >= 0.3 is 5.97 Å². The number of hydrogen-bond donors (Lipinski definition) is 2. The number of likely N-dealkylation sites (tertiary alicyclic amines) is 1. The average Bonchev–Trinajstić information content (AvgIpc) is 3.42. The zero-order chi connectivity index (χ0) is 32.9. The summed E-state index contributed by atoms with van der Waals surface area (Å²) in [5.41, 5.74) is 0.0880. The summed E-state index contributed by atoms with van der Waals surface area (Å²) >= 11 is 6.25. The zero-order valence-corrected chi connectivity index (χ0v) is 28.5. The molecule has 2 rings (SSSR count). The number of hydrogen-bond acceptors (Lipinski definition) is 6. The van der Waals surface area contributed by atoms with Crippen LogP contribution in [0.1, 0.15) is 73.8 Å². The molecule has 3 amide bonds. The SMILES string of the molecule is CN[C@H](C(=O)N[C@H](C(=O)N(C)[C@H](/C=C(\C)C(=O)N1CCC[C@@H]1C(=O)OC)C(C)C)C(C)(C)C)C(C)(C)c1cccc(Cl)c1. The maximum absolute atomic E-state index is 14.1. The van der Waals surface area contributed by atoms with Crippen molar-refractivity contribution in [3.8, 4) is 0 Å². The Morgan fingerprint density at radius 2 is 1.74 bits per heavy atom. The van der Waals surface area contributed by atoms with E-state index >= 15 is 0 Å². The Morgan fingerprint density at radius 1 is 1.12 bits per heavy atom. The van der Waals surface area contributed by atoms with E-state index in [0.717, 1.165) is 12.0 Å². The van der Waals surface area contributed by atoms with Crippen molar-refractivity contribution in [2.75, 3.05) is 27.7 Å². The highest BCUT2D eigenvalue weighted by Crippen LogP contribution is 2.31. The quantitative estimate of drug-likeness (QED) is 0.282. The lowest BCUT2D eigenvalue weighted by Crippen LogP contribution is -2.61. The summed E-state index contributed by atoms with van der Waals surface area (Å²) in [5, 5.41) is 6.77. The lowest BCUT2D eigenvalue weighted by Gasteiger charge is -2.40. The molecule has 0 bridgehead atoms. The van der Waals surface area contributed by atoms with Crippen LogP contribution in [0, 0.1) is 11.3 Å². The summed E-state index contributed by atoms with van der Waals surface area (Å²) in [6, 6.07) is 4.89. The molecule has 240 valence electrons. The summed E-state index contributed by atoms with van der Waals surface area (Å²) in [7, 11) is 4.74. The van der Waals surface area contributed by atoms with Crippen LogP contribution < -0.4 is 10.6 Å². The smallest absolute Gasteiger partial charge is 0.328 e. The van der Waals surface area contributed by atoms with E-state index in [0.29, 0.717) is 23.6 Å². The number of amides is 3. The van der Waals surface area contributed by atoms with Crippen LogP contribution in [0.3, 0.4) is 0 Å². The highest BCUT2D eigenvalue weighted by Gasteiger charge is 2.42. The second-order valence-electron chi connectivity index (χ2n) is 13.5. The molecule has 1 aliphatic heterocycles. The van der Waals surface area contributed by atoms with Gasteiger partial charge in [-0.3, -0.25) is 14.4 Å². The van der Waals surface area contributed by atoms with Gasteiger partial charge in [-0.25, -0.2) is 4.79 Å². The summed E-state index contributed by atoms with van der Waals surface area (Å²) in [5.74, 6) is -1.27. The van der Waals surface area contributed by atoms with Gasteiger partial charge in [-0.05, 0) is 55.8 Å². The van der Waals surface area contributed by atoms with Gasteiger partial charge in [0.25, 0.3) is 0 Å². The first kappa shape index (κ1) is 36.3. The molecule has 1 aliphatic rings. The second kappa shape index (κ2) is 14.7. The molecular formula is C33H51ClN4O5. The van der Waals surface area contributed by atoms with Crippen molar-refractivity contribution in [2.24, 2.45) is 11.3 Å². The standard InChI is InChI=1S/C33H51ClN4O5/c1-20(2)25(18-21(3)29(40)38-17-13-16-24(38)31(42)43-11)37(10)30(41)27(32(4,5)6)36-28(39)26(35-9)33(7,8)22-14-12-15-23(34)19-22/h12,14-15,18-20,24-27,35H,13,16-17H2,1-11H3,(H,36,39)/b21-18+/t24-,25-,26-,27-/m1/s1. The molecule has 9 nitrogen and oxygen atoms in total. The molecule has 43 heavy (non-hydrogen) atoms. The van der Waals surface area contributed by atoms with Crippen molar-refractivity contribution in [2.45, 2.75) is 97.8 Å². The van der Waals surface area contributed by atoms with Crippen molar-refractivity contribution in [1.82, 2.24) is 20.4 Å². The number of methoxy groups -OCH3 is 1. The first-order valence-electron chi connectivity index (χ1n) is 15.0. The van der Waals surface area contributed by atoms with Crippen LogP contribution in [0.5, 0.6) is 0 Å². The van der Waals surface area contributed by atoms with E-state index in [-0.39, 0.29) is 23.6 Å². The third kappa shape index (κ3) is 8.60. The first-order chi connectivity index (χ1) is 19.9. The lowest BCUT2D eigenvalue weighted by atomic mass is 9.76. The Balaban J connectivity index is 2.35. The van der Waals surface area contributed by atoms with Crippen LogP contribution in [-0.2, 0) is 29.3 Å². The predicted molar refractivity (Wildman–Crippen MR) is 171 cm³/mol. The lowest BCUT2D eigenvalue weighted by molar-refractivity contribution is -0.149. The van der Waals surface area contributed by atoms with E-state index in [1.54, 1.807) is 43.0 Å². The molecule has 0 aromatic heterocycles. The minimum Gasteiger partial charge on any atom is -0.467 e. The summed E-state index contributed by atoms with van der Waals surface area (Å²) < 4.78 is 4.90. The van der Waals surface area contributed by atoms with E-state index in [4.69, 9.17) is 16.3 Å². The van der Waals surface area contributed by atoms with Crippen molar-refractivity contribution in [3.05, 3.63) is 46.5 Å². The number of rotatable bonds is 11. The minimum atomic E-state index is -0.844. The molecule has 0 saturated carbocycles. The third-order valence-corrected chi connectivity index (χ3v) is 8.70. The van der Waals surface area contributed by atoms with Crippen LogP contribution in [0.2, 0.25) is 5.02 Å². The summed E-state index contributed by atoms with van der Waals surface area (Å²) in [6.07, 6.45) is 3.07. The Morgan fingerprint density at radius 3 is 2.26 bits per heavy atom. The Bertz CT molecular complexity index is 1210. The van der Waals surface area contributed by atoms with Gasteiger partial charge < -0.3 is 25.2 Å². The normalized spacial score (nSPS) is 18.2. The fourth-order valence-corrected chi connectivity index (χ4v) is 5.99. The molecule has 0 radical (unpaired) electrons.